The first kappa shape index (κ1) is 13.4. The number of hydrogen-bond donors (Lipinski definition) is 1. The number of fused-ring (bicyclic) bond motifs is 1. The third kappa shape index (κ3) is 2.97. The zero-order valence-corrected chi connectivity index (χ0v) is 11.9. The smallest absolute Gasteiger partial charge is 0.318 e. The summed E-state index contributed by atoms with van der Waals surface area (Å²) >= 11 is 0. The van der Waals surface area contributed by atoms with Crippen molar-refractivity contribution >= 4 is 6.03 Å². The van der Waals surface area contributed by atoms with Crippen LogP contribution in [0.15, 0.2) is 42.6 Å². The summed E-state index contributed by atoms with van der Waals surface area (Å²) in [6, 6.07) is 11.5. The van der Waals surface area contributed by atoms with E-state index in [9.17, 15) is 4.79 Å². The van der Waals surface area contributed by atoms with Crippen molar-refractivity contribution in [2.75, 3.05) is 7.11 Å². The van der Waals surface area contributed by atoms with E-state index >= 15 is 0 Å². The third-order valence-electron chi connectivity index (χ3n) is 3.58. The fourth-order valence-electron chi connectivity index (χ4n) is 2.38. The lowest BCUT2D eigenvalue weighted by Gasteiger charge is -2.16. The lowest BCUT2D eigenvalue weighted by Crippen LogP contribution is -2.36. The van der Waals surface area contributed by atoms with Crippen LogP contribution in [0.5, 0.6) is 5.75 Å². The van der Waals surface area contributed by atoms with Crippen LogP contribution in [0.25, 0.3) is 0 Å². The SMILES string of the molecule is COc1ccc(CNC(=O)N2Cc3cccnc3C2)cc1. The number of hydrogen-bond acceptors (Lipinski definition) is 3. The molecule has 5 heteroatoms. The summed E-state index contributed by atoms with van der Waals surface area (Å²) in [6.45, 7) is 1.70. The van der Waals surface area contributed by atoms with Crippen LogP contribution in [0.4, 0.5) is 4.79 Å². The van der Waals surface area contributed by atoms with Gasteiger partial charge in [0.2, 0.25) is 0 Å². The van der Waals surface area contributed by atoms with Crippen molar-refractivity contribution in [1.29, 1.82) is 0 Å². The molecule has 0 atom stereocenters. The van der Waals surface area contributed by atoms with E-state index in [-0.39, 0.29) is 6.03 Å². The molecule has 3 rings (SSSR count). The monoisotopic (exact) mass is 283 g/mol. The van der Waals surface area contributed by atoms with Crippen molar-refractivity contribution in [1.82, 2.24) is 15.2 Å². The van der Waals surface area contributed by atoms with Crippen molar-refractivity contribution in [3.8, 4) is 5.75 Å². The molecule has 0 unspecified atom stereocenters. The average Bonchev–Trinajstić information content (AvgIpc) is 2.97. The van der Waals surface area contributed by atoms with Crippen LogP contribution in [-0.4, -0.2) is 23.0 Å². The number of rotatable bonds is 3. The predicted octanol–water partition coefficient (Wildman–Crippen LogP) is 2.32. The standard InChI is InChI=1S/C16H17N3O2/c1-21-14-6-4-12(5-7-14)9-18-16(20)19-10-13-3-2-8-17-15(13)11-19/h2-8H,9-11H2,1H3,(H,18,20). The molecule has 21 heavy (non-hydrogen) atoms. The van der Waals surface area contributed by atoms with E-state index in [4.69, 9.17) is 4.74 Å². The van der Waals surface area contributed by atoms with E-state index in [0.717, 1.165) is 22.6 Å². The Kier molecular flexibility index (Phi) is 3.73. The number of pyridine rings is 1. The fourth-order valence-corrected chi connectivity index (χ4v) is 2.38. The minimum absolute atomic E-state index is 0.0659. The molecule has 0 saturated carbocycles. The first-order valence-corrected chi connectivity index (χ1v) is 6.85. The van der Waals surface area contributed by atoms with E-state index in [1.165, 1.54) is 0 Å². The van der Waals surface area contributed by atoms with Crippen LogP contribution in [0, 0.1) is 0 Å². The molecule has 0 spiro atoms. The number of methoxy groups -OCH3 is 1. The normalized spacial score (nSPS) is 12.9. The molecule has 0 radical (unpaired) electrons. The van der Waals surface area contributed by atoms with E-state index < -0.39 is 0 Å². The minimum Gasteiger partial charge on any atom is -0.497 e. The van der Waals surface area contributed by atoms with Gasteiger partial charge in [0, 0.05) is 19.3 Å². The molecule has 2 heterocycles. The second-order valence-corrected chi connectivity index (χ2v) is 4.97. The molecule has 1 aromatic heterocycles. The Morgan fingerprint density at radius 3 is 2.81 bits per heavy atom. The van der Waals surface area contributed by atoms with Gasteiger partial charge in [-0.2, -0.15) is 0 Å². The molecule has 5 nitrogen and oxygen atoms in total. The zero-order chi connectivity index (χ0) is 14.7. The van der Waals surface area contributed by atoms with Crippen molar-refractivity contribution in [3.05, 3.63) is 59.4 Å². The molecule has 1 aliphatic heterocycles. The predicted molar refractivity (Wildman–Crippen MR) is 78.7 cm³/mol. The molecular weight excluding hydrogens is 266 g/mol. The molecule has 2 aromatic rings. The highest BCUT2D eigenvalue weighted by atomic mass is 16.5. The van der Waals surface area contributed by atoms with Gasteiger partial charge in [0.1, 0.15) is 5.75 Å². The largest absolute Gasteiger partial charge is 0.497 e. The minimum atomic E-state index is -0.0659. The first-order valence-electron chi connectivity index (χ1n) is 6.85. The summed E-state index contributed by atoms with van der Waals surface area (Å²) in [6.07, 6.45) is 1.76. The van der Waals surface area contributed by atoms with E-state index in [0.29, 0.717) is 19.6 Å². The van der Waals surface area contributed by atoms with Gasteiger partial charge in [0.25, 0.3) is 0 Å². The molecule has 1 aromatic carbocycles. The summed E-state index contributed by atoms with van der Waals surface area (Å²) in [5.41, 5.74) is 3.15. The van der Waals surface area contributed by atoms with Crippen molar-refractivity contribution < 1.29 is 9.53 Å². The number of carbonyl (C=O) groups is 1. The van der Waals surface area contributed by atoms with E-state index in [1.54, 1.807) is 18.2 Å². The van der Waals surface area contributed by atoms with Gasteiger partial charge < -0.3 is 15.0 Å². The Morgan fingerprint density at radius 1 is 1.29 bits per heavy atom. The molecule has 1 N–H and O–H groups in total. The Morgan fingerprint density at radius 2 is 2.10 bits per heavy atom. The number of aromatic nitrogens is 1. The number of amides is 2. The van der Waals surface area contributed by atoms with Crippen molar-refractivity contribution in [2.24, 2.45) is 0 Å². The lowest BCUT2D eigenvalue weighted by atomic mass is 10.2. The number of nitrogens with zero attached hydrogens (tertiary/aromatic N) is 2. The molecular formula is C16H17N3O2. The highest BCUT2D eigenvalue weighted by Crippen LogP contribution is 2.20. The lowest BCUT2D eigenvalue weighted by molar-refractivity contribution is 0.197. The maximum atomic E-state index is 12.2. The average molecular weight is 283 g/mol. The topological polar surface area (TPSA) is 54.5 Å². The van der Waals surface area contributed by atoms with Gasteiger partial charge in [0.15, 0.2) is 0 Å². The number of urea groups is 1. The van der Waals surface area contributed by atoms with Gasteiger partial charge in [-0.1, -0.05) is 18.2 Å². The molecule has 1 aliphatic rings. The Balaban J connectivity index is 1.55. The number of carbonyl (C=O) groups excluding carboxylic acids is 1. The quantitative estimate of drug-likeness (QED) is 0.940. The zero-order valence-electron chi connectivity index (χ0n) is 11.9. The molecule has 2 amide bonds. The summed E-state index contributed by atoms with van der Waals surface area (Å²) in [7, 11) is 1.63. The Hall–Kier alpha value is -2.56. The molecule has 0 fully saturated rings. The second-order valence-electron chi connectivity index (χ2n) is 4.97. The van der Waals surface area contributed by atoms with Gasteiger partial charge in [-0.15, -0.1) is 0 Å². The van der Waals surface area contributed by atoms with Crippen LogP contribution >= 0.6 is 0 Å². The second kappa shape index (κ2) is 5.83. The maximum Gasteiger partial charge on any atom is 0.318 e. The Labute approximate surface area is 123 Å². The van der Waals surface area contributed by atoms with Crippen LogP contribution in [-0.2, 0) is 19.6 Å². The highest BCUT2D eigenvalue weighted by Gasteiger charge is 2.23. The van der Waals surface area contributed by atoms with Gasteiger partial charge in [0.05, 0.1) is 19.3 Å². The molecule has 108 valence electrons. The van der Waals surface area contributed by atoms with Crippen molar-refractivity contribution in [3.63, 3.8) is 0 Å². The summed E-state index contributed by atoms with van der Waals surface area (Å²) in [5, 5.41) is 2.93. The van der Waals surface area contributed by atoms with Gasteiger partial charge >= 0.3 is 6.03 Å². The summed E-state index contributed by atoms with van der Waals surface area (Å²) < 4.78 is 5.11. The van der Waals surface area contributed by atoms with Crippen LogP contribution in [0.3, 0.4) is 0 Å². The molecule has 0 bridgehead atoms. The van der Waals surface area contributed by atoms with E-state index in [1.807, 2.05) is 36.4 Å². The number of benzene rings is 1. The van der Waals surface area contributed by atoms with Gasteiger partial charge in [-0.3, -0.25) is 4.98 Å². The van der Waals surface area contributed by atoms with Crippen LogP contribution < -0.4 is 10.1 Å². The molecule has 0 aliphatic carbocycles. The van der Waals surface area contributed by atoms with Crippen LogP contribution in [0.1, 0.15) is 16.8 Å². The van der Waals surface area contributed by atoms with Crippen LogP contribution in [0.2, 0.25) is 0 Å². The molecule has 0 saturated heterocycles. The number of nitrogens with one attached hydrogen (secondary N) is 1. The fraction of sp³-hybridized carbons (Fsp3) is 0.250. The third-order valence-corrected chi connectivity index (χ3v) is 3.58. The van der Waals surface area contributed by atoms with Crippen molar-refractivity contribution in [2.45, 2.75) is 19.6 Å². The van der Waals surface area contributed by atoms with E-state index in [2.05, 4.69) is 10.3 Å². The maximum absolute atomic E-state index is 12.2. The first-order chi connectivity index (χ1) is 10.3. The highest BCUT2D eigenvalue weighted by molar-refractivity contribution is 5.74. The number of ether oxygens (including phenoxy) is 1. The van der Waals surface area contributed by atoms with Gasteiger partial charge in [-0.25, -0.2) is 4.79 Å². The van der Waals surface area contributed by atoms with Gasteiger partial charge in [-0.05, 0) is 29.3 Å². The Bertz CT molecular complexity index is 615. The summed E-state index contributed by atoms with van der Waals surface area (Å²) in [5.74, 6) is 0.811. The summed E-state index contributed by atoms with van der Waals surface area (Å²) in [4.78, 5) is 18.2.